The Balaban J connectivity index is 2.28. The first-order valence-corrected chi connectivity index (χ1v) is 7.87. The summed E-state index contributed by atoms with van der Waals surface area (Å²) >= 11 is 14.1. The number of hydrogen-bond acceptors (Lipinski definition) is 1. The highest BCUT2D eigenvalue weighted by Crippen LogP contribution is 2.34. The van der Waals surface area contributed by atoms with Crippen LogP contribution in [-0.4, -0.2) is 6.26 Å². The Kier molecular flexibility index (Phi) is 5.14. The fraction of sp³-hybridized carbons (Fsp3) is 0.200. The highest BCUT2D eigenvalue weighted by atomic mass is 35.5. The van der Waals surface area contributed by atoms with Gasteiger partial charge in [0.05, 0.1) is 5.38 Å². The molecule has 2 aromatic carbocycles. The van der Waals surface area contributed by atoms with E-state index in [9.17, 15) is 4.39 Å². The van der Waals surface area contributed by atoms with Gasteiger partial charge in [-0.25, -0.2) is 4.39 Å². The molecule has 0 amide bonds. The Labute approximate surface area is 126 Å². The summed E-state index contributed by atoms with van der Waals surface area (Å²) in [5.41, 5.74) is 1.48. The van der Waals surface area contributed by atoms with Crippen LogP contribution >= 0.6 is 35.0 Å². The molecule has 0 aliphatic carbocycles. The van der Waals surface area contributed by atoms with Crippen molar-refractivity contribution in [3.63, 3.8) is 0 Å². The number of rotatable bonds is 4. The standard InChI is InChI=1S/C15H13Cl2FS/c1-19-15-8-3-2-5-10(15)13(17)9-11-12(16)6-4-7-14(11)18/h2-8,13H,9H2,1H3. The molecule has 1 atom stereocenters. The van der Waals surface area contributed by atoms with E-state index in [0.717, 1.165) is 10.5 Å². The van der Waals surface area contributed by atoms with Crippen molar-refractivity contribution in [2.75, 3.05) is 6.26 Å². The average Bonchev–Trinajstić information content (AvgIpc) is 2.42. The van der Waals surface area contributed by atoms with E-state index in [1.165, 1.54) is 6.07 Å². The summed E-state index contributed by atoms with van der Waals surface area (Å²) in [6.45, 7) is 0. The van der Waals surface area contributed by atoms with Gasteiger partial charge in [0.2, 0.25) is 0 Å². The van der Waals surface area contributed by atoms with Crippen molar-refractivity contribution in [2.45, 2.75) is 16.7 Å². The van der Waals surface area contributed by atoms with Crippen LogP contribution in [0, 0.1) is 5.82 Å². The molecule has 0 radical (unpaired) electrons. The lowest BCUT2D eigenvalue weighted by Gasteiger charge is -2.15. The molecule has 0 spiro atoms. The second-order valence-electron chi connectivity index (χ2n) is 4.11. The number of hydrogen-bond donors (Lipinski definition) is 0. The third kappa shape index (κ3) is 3.44. The molecular formula is C15H13Cl2FS. The molecule has 0 aliphatic rings. The lowest BCUT2D eigenvalue weighted by Crippen LogP contribution is -2.00. The summed E-state index contributed by atoms with van der Waals surface area (Å²) in [5.74, 6) is -0.306. The van der Waals surface area contributed by atoms with E-state index < -0.39 is 0 Å². The van der Waals surface area contributed by atoms with Crippen molar-refractivity contribution >= 4 is 35.0 Å². The van der Waals surface area contributed by atoms with Crippen molar-refractivity contribution in [3.8, 4) is 0 Å². The van der Waals surface area contributed by atoms with Gasteiger partial charge in [0.1, 0.15) is 5.82 Å². The Bertz CT molecular complexity index is 552. The van der Waals surface area contributed by atoms with Gasteiger partial charge < -0.3 is 0 Å². The second-order valence-corrected chi connectivity index (χ2v) is 5.90. The first-order chi connectivity index (χ1) is 9.13. The van der Waals surface area contributed by atoms with E-state index in [1.54, 1.807) is 23.9 Å². The normalized spacial score (nSPS) is 12.4. The topological polar surface area (TPSA) is 0 Å². The fourth-order valence-electron chi connectivity index (χ4n) is 1.94. The van der Waals surface area contributed by atoms with Gasteiger partial charge in [-0.1, -0.05) is 35.9 Å². The number of benzene rings is 2. The molecule has 0 heterocycles. The SMILES string of the molecule is CSc1ccccc1C(Cl)Cc1c(F)cccc1Cl. The highest BCUT2D eigenvalue weighted by Gasteiger charge is 2.16. The van der Waals surface area contributed by atoms with Gasteiger partial charge in [-0.2, -0.15) is 0 Å². The molecule has 0 N–H and O–H groups in total. The first-order valence-electron chi connectivity index (χ1n) is 5.83. The number of halogens is 3. The Hall–Kier alpha value is -0.700. The van der Waals surface area contributed by atoms with Gasteiger partial charge in [0, 0.05) is 15.5 Å². The summed E-state index contributed by atoms with van der Waals surface area (Å²) in [6, 6.07) is 12.6. The molecule has 2 aromatic rings. The zero-order valence-electron chi connectivity index (χ0n) is 10.4. The largest absolute Gasteiger partial charge is 0.207 e. The maximum absolute atomic E-state index is 13.8. The molecule has 19 heavy (non-hydrogen) atoms. The van der Waals surface area contributed by atoms with Gasteiger partial charge in [-0.3, -0.25) is 0 Å². The van der Waals surface area contributed by atoms with Crippen LogP contribution in [0.5, 0.6) is 0 Å². The Morgan fingerprint density at radius 2 is 1.89 bits per heavy atom. The minimum absolute atomic E-state index is 0.293. The molecule has 0 nitrogen and oxygen atoms in total. The van der Waals surface area contributed by atoms with Crippen LogP contribution in [0.25, 0.3) is 0 Å². The molecule has 2 rings (SSSR count). The molecule has 0 bridgehead atoms. The average molecular weight is 315 g/mol. The molecule has 0 aliphatic heterocycles. The lowest BCUT2D eigenvalue weighted by atomic mass is 10.0. The van der Waals surface area contributed by atoms with Gasteiger partial charge in [-0.05, 0) is 36.4 Å². The number of alkyl halides is 1. The van der Waals surface area contributed by atoms with Crippen LogP contribution in [-0.2, 0) is 6.42 Å². The fourth-order valence-corrected chi connectivity index (χ4v) is 3.25. The maximum Gasteiger partial charge on any atom is 0.127 e. The van der Waals surface area contributed by atoms with Crippen molar-refractivity contribution in [1.29, 1.82) is 0 Å². The maximum atomic E-state index is 13.8. The summed E-state index contributed by atoms with van der Waals surface area (Å²) in [4.78, 5) is 1.11. The monoisotopic (exact) mass is 314 g/mol. The molecule has 4 heteroatoms. The minimum Gasteiger partial charge on any atom is -0.207 e. The molecule has 0 aromatic heterocycles. The summed E-state index contributed by atoms with van der Waals surface area (Å²) in [7, 11) is 0. The third-order valence-electron chi connectivity index (χ3n) is 2.92. The van der Waals surface area contributed by atoms with Crippen molar-refractivity contribution in [2.24, 2.45) is 0 Å². The predicted molar refractivity (Wildman–Crippen MR) is 81.9 cm³/mol. The third-order valence-corrected chi connectivity index (χ3v) is 4.48. The summed E-state index contributed by atoms with van der Waals surface area (Å²) in [6.07, 6.45) is 2.38. The quantitative estimate of drug-likeness (QED) is 0.513. The number of thioether (sulfide) groups is 1. The zero-order chi connectivity index (χ0) is 13.8. The van der Waals surface area contributed by atoms with E-state index in [-0.39, 0.29) is 11.2 Å². The van der Waals surface area contributed by atoms with E-state index in [0.29, 0.717) is 17.0 Å². The Morgan fingerprint density at radius 1 is 1.16 bits per heavy atom. The van der Waals surface area contributed by atoms with Crippen molar-refractivity contribution < 1.29 is 4.39 Å². The molecule has 0 saturated heterocycles. The molecule has 0 saturated carbocycles. The lowest BCUT2D eigenvalue weighted by molar-refractivity contribution is 0.607. The van der Waals surface area contributed by atoms with Crippen LogP contribution in [0.1, 0.15) is 16.5 Å². The molecule has 1 unspecified atom stereocenters. The van der Waals surface area contributed by atoms with Gasteiger partial charge >= 0.3 is 0 Å². The summed E-state index contributed by atoms with van der Waals surface area (Å²) in [5, 5.41) is 0.130. The van der Waals surface area contributed by atoms with Gasteiger partial charge in [0.15, 0.2) is 0 Å². The molecular weight excluding hydrogens is 302 g/mol. The van der Waals surface area contributed by atoms with E-state index >= 15 is 0 Å². The van der Waals surface area contributed by atoms with Gasteiger partial charge in [-0.15, -0.1) is 23.4 Å². The van der Waals surface area contributed by atoms with E-state index in [1.807, 2.05) is 30.5 Å². The van der Waals surface area contributed by atoms with Crippen molar-refractivity contribution in [1.82, 2.24) is 0 Å². The van der Waals surface area contributed by atoms with Crippen LogP contribution in [0.3, 0.4) is 0 Å². The van der Waals surface area contributed by atoms with Gasteiger partial charge in [0.25, 0.3) is 0 Å². The predicted octanol–water partition coefficient (Wildman–Crippen LogP) is 5.72. The zero-order valence-corrected chi connectivity index (χ0v) is 12.7. The minimum atomic E-state index is -0.306. The van der Waals surface area contributed by atoms with Crippen LogP contribution < -0.4 is 0 Å². The van der Waals surface area contributed by atoms with Crippen LogP contribution in [0.2, 0.25) is 5.02 Å². The van der Waals surface area contributed by atoms with Crippen molar-refractivity contribution in [3.05, 3.63) is 64.4 Å². The summed E-state index contributed by atoms with van der Waals surface area (Å²) < 4.78 is 13.8. The second kappa shape index (κ2) is 6.65. The van der Waals surface area contributed by atoms with E-state index in [4.69, 9.17) is 23.2 Å². The Morgan fingerprint density at radius 3 is 2.58 bits per heavy atom. The van der Waals surface area contributed by atoms with Crippen LogP contribution in [0.4, 0.5) is 4.39 Å². The highest BCUT2D eigenvalue weighted by molar-refractivity contribution is 7.98. The first kappa shape index (κ1) is 14.7. The smallest absolute Gasteiger partial charge is 0.127 e. The molecule has 100 valence electrons. The molecule has 0 fully saturated rings. The van der Waals surface area contributed by atoms with Crippen LogP contribution in [0.15, 0.2) is 47.4 Å². The van der Waals surface area contributed by atoms with E-state index in [2.05, 4.69) is 0 Å².